The summed E-state index contributed by atoms with van der Waals surface area (Å²) >= 11 is 0. The number of hydrogen-bond acceptors (Lipinski definition) is 4. The lowest BCUT2D eigenvalue weighted by Gasteiger charge is -2.39. The molecule has 0 radical (unpaired) electrons. The number of carbonyl (C=O) groups excluding carboxylic acids is 2. The van der Waals surface area contributed by atoms with E-state index in [-0.39, 0.29) is 11.8 Å². The van der Waals surface area contributed by atoms with Crippen LogP contribution in [0.1, 0.15) is 33.1 Å². The van der Waals surface area contributed by atoms with E-state index in [4.69, 9.17) is 0 Å². The zero-order chi connectivity index (χ0) is 14.6. The molecule has 1 heterocycles. The lowest BCUT2D eigenvalue weighted by Crippen LogP contribution is -2.60. The van der Waals surface area contributed by atoms with Gasteiger partial charge in [-0.05, 0) is 26.7 Å². The van der Waals surface area contributed by atoms with Gasteiger partial charge in [0.1, 0.15) is 0 Å². The maximum Gasteiger partial charge on any atom is 0.239 e. The van der Waals surface area contributed by atoms with Crippen molar-refractivity contribution >= 4 is 11.8 Å². The topological polar surface area (TPSA) is 73.5 Å². The summed E-state index contributed by atoms with van der Waals surface area (Å²) < 4.78 is 0. The smallest absolute Gasteiger partial charge is 0.239 e. The van der Waals surface area contributed by atoms with Crippen LogP contribution >= 0.6 is 0 Å². The van der Waals surface area contributed by atoms with E-state index in [1.165, 1.54) is 0 Å². The summed E-state index contributed by atoms with van der Waals surface area (Å²) in [7, 11) is 0. The number of piperazine rings is 1. The van der Waals surface area contributed by atoms with E-state index >= 15 is 0 Å². The molecule has 0 aromatic carbocycles. The minimum absolute atomic E-state index is 0.00128. The van der Waals surface area contributed by atoms with E-state index in [1.54, 1.807) is 0 Å². The van der Waals surface area contributed by atoms with Gasteiger partial charge in [-0.2, -0.15) is 0 Å². The molecule has 114 valence electrons. The highest BCUT2D eigenvalue weighted by molar-refractivity contribution is 5.86. The Balaban J connectivity index is 1.70. The van der Waals surface area contributed by atoms with Gasteiger partial charge in [-0.25, -0.2) is 0 Å². The molecule has 0 spiro atoms. The van der Waals surface area contributed by atoms with Crippen molar-refractivity contribution in [3.05, 3.63) is 0 Å². The van der Waals surface area contributed by atoms with Crippen LogP contribution in [0.15, 0.2) is 0 Å². The van der Waals surface area contributed by atoms with Crippen molar-refractivity contribution in [3.63, 3.8) is 0 Å². The minimum Gasteiger partial charge on any atom is -0.354 e. The minimum atomic E-state index is -0.519. The zero-order valence-corrected chi connectivity index (χ0v) is 12.5. The van der Waals surface area contributed by atoms with E-state index in [2.05, 4.69) is 20.9 Å². The summed E-state index contributed by atoms with van der Waals surface area (Å²) in [4.78, 5) is 26.0. The Labute approximate surface area is 120 Å². The predicted molar refractivity (Wildman–Crippen MR) is 77.3 cm³/mol. The second-order valence-electron chi connectivity index (χ2n) is 6.14. The highest BCUT2D eigenvalue weighted by Gasteiger charge is 2.34. The van der Waals surface area contributed by atoms with Crippen molar-refractivity contribution < 1.29 is 9.59 Å². The zero-order valence-electron chi connectivity index (χ0n) is 12.5. The molecule has 2 fully saturated rings. The summed E-state index contributed by atoms with van der Waals surface area (Å²) in [5.41, 5.74) is -0.519. The molecule has 0 unspecified atom stereocenters. The van der Waals surface area contributed by atoms with E-state index in [9.17, 15) is 9.59 Å². The molecule has 1 aliphatic heterocycles. The van der Waals surface area contributed by atoms with Gasteiger partial charge in [-0.15, -0.1) is 0 Å². The van der Waals surface area contributed by atoms with E-state index in [0.29, 0.717) is 19.0 Å². The number of rotatable bonds is 6. The van der Waals surface area contributed by atoms with E-state index in [1.807, 2.05) is 13.8 Å². The van der Waals surface area contributed by atoms with Crippen LogP contribution in [0, 0.1) is 0 Å². The summed E-state index contributed by atoms with van der Waals surface area (Å²) in [6.07, 6.45) is 2.54. The molecule has 6 heteroatoms. The third kappa shape index (κ3) is 4.18. The maximum atomic E-state index is 12.3. The van der Waals surface area contributed by atoms with E-state index < -0.39 is 5.54 Å². The molecule has 1 saturated carbocycles. The number of amides is 2. The van der Waals surface area contributed by atoms with Crippen LogP contribution < -0.4 is 16.0 Å². The normalized spacial score (nSPS) is 20.5. The molecule has 6 nitrogen and oxygen atoms in total. The molecule has 2 amide bonds. The second kappa shape index (κ2) is 6.54. The van der Waals surface area contributed by atoms with Gasteiger partial charge in [0.25, 0.3) is 0 Å². The molecule has 2 aliphatic rings. The summed E-state index contributed by atoms with van der Waals surface area (Å²) in [5.74, 6) is 0.0337. The standard InChI is InChI=1S/C14H26N4O2/c1-14(2,18-9-7-15-8-10-18)13(20)16-6-5-12(19)17-11-3-4-11/h11,15H,3-10H2,1-2H3,(H,16,20)(H,17,19). The Morgan fingerprint density at radius 3 is 2.50 bits per heavy atom. The number of hydrogen-bond donors (Lipinski definition) is 3. The largest absolute Gasteiger partial charge is 0.354 e. The highest BCUT2D eigenvalue weighted by atomic mass is 16.2. The fourth-order valence-corrected chi connectivity index (χ4v) is 2.40. The summed E-state index contributed by atoms with van der Waals surface area (Å²) in [6, 6.07) is 0.385. The third-order valence-electron chi connectivity index (χ3n) is 4.04. The molecule has 0 atom stereocenters. The first-order chi connectivity index (χ1) is 9.50. The molecular formula is C14H26N4O2. The van der Waals surface area contributed by atoms with Gasteiger partial charge < -0.3 is 16.0 Å². The van der Waals surface area contributed by atoms with Crippen LogP contribution in [-0.4, -0.2) is 61.0 Å². The molecular weight excluding hydrogens is 256 g/mol. The number of nitrogens with one attached hydrogen (secondary N) is 3. The quantitative estimate of drug-likeness (QED) is 0.611. The fraction of sp³-hybridized carbons (Fsp3) is 0.857. The van der Waals surface area contributed by atoms with Crippen LogP contribution in [0.25, 0.3) is 0 Å². The Morgan fingerprint density at radius 2 is 1.90 bits per heavy atom. The highest BCUT2D eigenvalue weighted by Crippen LogP contribution is 2.18. The van der Waals surface area contributed by atoms with Gasteiger partial charge in [-0.3, -0.25) is 14.5 Å². The fourth-order valence-electron chi connectivity index (χ4n) is 2.40. The lowest BCUT2D eigenvalue weighted by atomic mass is 10.0. The van der Waals surface area contributed by atoms with Crippen LogP contribution in [0.5, 0.6) is 0 Å². The van der Waals surface area contributed by atoms with Crippen LogP contribution in [-0.2, 0) is 9.59 Å². The molecule has 3 N–H and O–H groups in total. The maximum absolute atomic E-state index is 12.3. The van der Waals surface area contributed by atoms with Gasteiger partial charge in [0.15, 0.2) is 0 Å². The van der Waals surface area contributed by atoms with Gasteiger partial charge in [0.05, 0.1) is 5.54 Å². The Hall–Kier alpha value is -1.14. The van der Waals surface area contributed by atoms with Gasteiger partial charge in [0, 0.05) is 45.2 Å². The predicted octanol–water partition coefficient (Wildman–Crippen LogP) is -0.545. The lowest BCUT2D eigenvalue weighted by molar-refractivity contribution is -0.132. The number of nitrogens with zero attached hydrogens (tertiary/aromatic N) is 1. The molecule has 0 aromatic heterocycles. The third-order valence-corrected chi connectivity index (χ3v) is 4.04. The van der Waals surface area contributed by atoms with Crippen LogP contribution in [0.3, 0.4) is 0 Å². The first kappa shape index (κ1) is 15.3. The molecule has 0 aromatic rings. The van der Waals surface area contributed by atoms with Crippen molar-refractivity contribution in [2.45, 2.75) is 44.7 Å². The van der Waals surface area contributed by atoms with Crippen molar-refractivity contribution in [2.24, 2.45) is 0 Å². The first-order valence-electron chi connectivity index (χ1n) is 7.53. The van der Waals surface area contributed by atoms with Gasteiger partial charge >= 0.3 is 0 Å². The SMILES string of the molecule is CC(C)(C(=O)NCCC(=O)NC1CC1)N1CCNCC1. The van der Waals surface area contributed by atoms with Crippen LogP contribution in [0.2, 0.25) is 0 Å². The van der Waals surface area contributed by atoms with Crippen molar-refractivity contribution in [1.29, 1.82) is 0 Å². The van der Waals surface area contributed by atoms with Crippen LogP contribution in [0.4, 0.5) is 0 Å². The Bertz CT molecular complexity index is 360. The summed E-state index contributed by atoms with van der Waals surface area (Å²) in [6.45, 7) is 7.88. The van der Waals surface area contributed by atoms with Crippen molar-refractivity contribution in [3.8, 4) is 0 Å². The van der Waals surface area contributed by atoms with E-state index in [0.717, 1.165) is 39.0 Å². The Kier molecular flexibility index (Phi) is 4.99. The van der Waals surface area contributed by atoms with Crippen molar-refractivity contribution in [1.82, 2.24) is 20.9 Å². The molecule has 0 bridgehead atoms. The monoisotopic (exact) mass is 282 g/mol. The van der Waals surface area contributed by atoms with Gasteiger partial charge in [0.2, 0.25) is 11.8 Å². The first-order valence-corrected chi connectivity index (χ1v) is 7.53. The summed E-state index contributed by atoms with van der Waals surface area (Å²) in [5, 5.41) is 9.09. The average Bonchev–Trinajstić information content (AvgIpc) is 3.23. The van der Waals surface area contributed by atoms with Gasteiger partial charge in [-0.1, -0.05) is 0 Å². The molecule has 1 aliphatic carbocycles. The molecule has 20 heavy (non-hydrogen) atoms. The Morgan fingerprint density at radius 1 is 1.25 bits per heavy atom. The molecule has 1 saturated heterocycles. The second-order valence-corrected chi connectivity index (χ2v) is 6.14. The van der Waals surface area contributed by atoms with Crippen molar-refractivity contribution in [2.75, 3.05) is 32.7 Å². The number of carbonyl (C=O) groups is 2. The molecule has 2 rings (SSSR count). The average molecular weight is 282 g/mol.